The van der Waals surface area contributed by atoms with Gasteiger partial charge in [0.1, 0.15) is 12.6 Å². The molecule has 4 N–H and O–H groups in total. The van der Waals surface area contributed by atoms with Crippen molar-refractivity contribution >= 4 is 18.0 Å². The van der Waals surface area contributed by atoms with Crippen LogP contribution in [0, 0.1) is 0 Å². The molecule has 3 rings (SSSR count). The lowest BCUT2D eigenvalue weighted by Gasteiger charge is -2.30. The number of carboxylic acid groups (broad SMARTS) is 1. The normalized spacial score (nSPS) is 20.9. The number of ether oxygens (including phenoxy) is 1. The Bertz CT molecular complexity index is 859. The minimum Gasteiger partial charge on any atom is -0.480 e. The zero-order valence-electron chi connectivity index (χ0n) is 15.7. The van der Waals surface area contributed by atoms with Crippen LogP contribution < -0.4 is 11.1 Å². The number of aliphatic carboxylic acids is 1. The van der Waals surface area contributed by atoms with E-state index in [4.69, 9.17) is 10.5 Å². The second-order valence-corrected chi connectivity index (χ2v) is 6.76. The van der Waals surface area contributed by atoms with Crippen molar-refractivity contribution in [2.75, 3.05) is 6.54 Å². The second-order valence-electron chi connectivity index (χ2n) is 6.76. The summed E-state index contributed by atoms with van der Waals surface area (Å²) in [5.41, 5.74) is 7.06. The maximum atomic E-state index is 12.4. The molecule has 1 aliphatic rings. The molecule has 2 aromatic rings. The first kappa shape index (κ1) is 20.3. The molecule has 3 unspecified atom stereocenters. The summed E-state index contributed by atoms with van der Waals surface area (Å²) < 4.78 is 5.27. The SMILES string of the molecule is NCC(=O)N1C(C(=O)O)CC(NC(=O)OCc2ccccc2)C1c1ccccc1. The fourth-order valence-electron chi connectivity index (χ4n) is 3.62. The van der Waals surface area contributed by atoms with E-state index in [-0.39, 0.29) is 19.6 Å². The van der Waals surface area contributed by atoms with Crippen LogP contribution in [-0.2, 0) is 20.9 Å². The van der Waals surface area contributed by atoms with E-state index in [1.807, 2.05) is 36.4 Å². The number of benzene rings is 2. The highest BCUT2D eigenvalue weighted by molar-refractivity contribution is 5.86. The maximum absolute atomic E-state index is 12.4. The van der Waals surface area contributed by atoms with Crippen molar-refractivity contribution in [3.63, 3.8) is 0 Å². The van der Waals surface area contributed by atoms with Crippen LogP contribution in [0.4, 0.5) is 4.79 Å². The molecule has 0 saturated carbocycles. The van der Waals surface area contributed by atoms with Crippen LogP contribution in [0.3, 0.4) is 0 Å². The number of alkyl carbamates (subject to hydrolysis) is 1. The molecule has 29 heavy (non-hydrogen) atoms. The molecule has 1 heterocycles. The van der Waals surface area contributed by atoms with Crippen molar-refractivity contribution < 1.29 is 24.2 Å². The highest BCUT2D eigenvalue weighted by atomic mass is 16.5. The molecule has 1 aliphatic heterocycles. The number of rotatable bonds is 6. The molecule has 1 saturated heterocycles. The van der Waals surface area contributed by atoms with Crippen molar-refractivity contribution in [3.05, 3.63) is 71.8 Å². The van der Waals surface area contributed by atoms with E-state index in [1.165, 1.54) is 4.90 Å². The van der Waals surface area contributed by atoms with Crippen molar-refractivity contribution in [3.8, 4) is 0 Å². The van der Waals surface area contributed by atoms with Gasteiger partial charge < -0.3 is 25.8 Å². The summed E-state index contributed by atoms with van der Waals surface area (Å²) >= 11 is 0. The average molecular weight is 397 g/mol. The number of carboxylic acids is 1. The minimum atomic E-state index is -1.14. The summed E-state index contributed by atoms with van der Waals surface area (Å²) in [4.78, 5) is 37.8. The first-order chi connectivity index (χ1) is 14.0. The standard InChI is InChI=1S/C21H23N3O5/c22-12-18(25)24-17(20(26)27)11-16(19(24)15-9-5-2-6-10-15)23-21(28)29-13-14-7-3-1-4-8-14/h1-10,16-17,19H,11-13,22H2,(H,23,28)(H,26,27). The molecule has 2 aromatic carbocycles. The number of carbonyl (C=O) groups excluding carboxylic acids is 2. The molecule has 152 valence electrons. The number of carbonyl (C=O) groups is 3. The molecule has 1 fully saturated rings. The van der Waals surface area contributed by atoms with Crippen LogP contribution in [0.5, 0.6) is 0 Å². The Balaban J connectivity index is 1.80. The number of hydrogen-bond donors (Lipinski definition) is 3. The lowest BCUT2D eigenvalue weighted by molar-refractivity contribution is -0.149. The Morgan fingerprint density at radius 1 is 1.07 bits per heavy atom. The largest absolute Gasteiger partial charge is 0.480 e. The van der Waals surface area contributed by atoms with Gasteiger partial charge in [0.25, 0.3) is 0 Å². The van der Waals surface area contributed by atoms with Gasteiger partial charge in [-0.1, -0.05) is 60.7 Å². The highest BCUT2D eigenvalue weighted by Crippen LogP contribution is 2.36. The van der Waals surface area contributed by atoms with Crippen molar-refractivity contribution in [2.24, 2.45) is 5.73 Å². The van der Waals surface area contributed by atoms with Crippen LogP contribution in [0.1, 0.15) is 23.6 Å². The van der Waals surface area contributed by atoms with Gasteiger partial charge in [0.2, 0.25) is 5.91 Å². The van der Waals surface area contributed by atoms with Crippen LogP contribution in [0.15, 0.2) is 60.7 Å². The monoisotopic (exact) mass is 397 g/mol. The Hall–Kier alpha value is -3.39. The number of amides is 2. The summed E-state index contributed by atoms with van der Waals surface area (Å²) in [6.07, 6.45) is -0.618. The van der Waals surface area contributed by atoms with Crippen LogP contribution in [0.2, 0.25) is 0 Å². The van der Waals surface area contributed by atoms with Gasteiger partial charge in [0.05, 0.1) is 18.6 Å². The predicted octanol–water partition coefficient (Wildman–Crippen LogP) is 1.67. The highest BCUT2D eigenvalue weighted by Gasteiger charge is 2.48. The third kappa shape index (κ3) is 4.72. The first-order valence-electron chi connectivity index (χ1n) is 9.27. The summed E-state index contributed by atoms with van der Waals surface area (Å²) in [6, 6.07) is 15.8. The topological polar surface area (TPSA) is 122 Å². The van der Waals surface area contributed by atoms with Gasteiger partial charge in [-0.15, -0.1) is 0 Å². The van der Waals surface area contributed by atoms with Crippen molar-refractivity contribution in [1.29, 1.82) is 0 Å². The fraction of sp³-hybridized carbons (Fsp3) is 0.286. The number of nitrogens with one attached hydrogen (secondary N) is 1. The van der Waals surface area contributed by atoms with Gasteiger partial charge >= 0.3 is 12.1 Å². The first-order valence-corrected chi connectivity index (χ1v) is 9.27. The number of likely N-dealkylation sites (tertiary alicyclic amines) is 1. The molecular weight excluding hydrogens is 374 g/mol. The van der Waals surface area contributed by atoms with E-state index < -0.39 is 36.1 Å². The molecule has 3 atom stereocenters. The number of nitrogens with two attached hydrogens (primary N) is 1. The second kappa shape index (κ2) is 9.20. The van der Waals surface area contributed by atoms with E-state index in [9.17, 15) is 19.5 Å². The van der Waals surface area contributed by atoms with Gasteiger partial charge in [-0.2, -0.15) is 0 Å². The van der Waals surface area contributed by atoms with E-state index in [0.29, 0.717) is 5.56 Å². The number of nitrogens with zero attached hydrogens (tertiary/aromatic N) is 1. The average Bonchev–Trinajstić information content (AvgIpc) is 3.12. The molecule has 0 bridgehead atoms. The van der Waals surface area contributed by atoms with E-state index >= 15 is 0 Å². The van der Waals surface area contributed by atoms with Crippen molar-refractivity contribution in [2.45, 2.75) is 31.2 Å². The third-order valence-electron chi connectivity index (χ3n) is 4.90. The molecule has 0 aromatic heterocycles. The molecule has 0 radical (unpaired) electrons. The summed E-state index contributed by atoms with van der Waals surface area (Å²) in [5.74, 6) is -1.64. The van der Waals surface area contributed by atoms with Gasteiger partial charge in [0.15, 0.2) is 0 Å². The predicted molar refractivity (Wildman–Crippen MR) is 105 cm³/mol. The lowest BCUT2D eigenvalue weighted by Crippen LogP contribution is -2.46. The van der Waals surface area contributed by atoms with Gasteiger partial charge in [0, 0.05) is 6.42 Å². The van der Waals surface area contributed by atoms with E-state index in [2.05, 4.69) is 5.32 Å². The molecule has 0 aliphatic carbocycles. The van der Waals surface area contributed by atoms with E-state index in [0.717, 1.165) is 5.56 Å². The molecular formula is C21H23N3O5. The van der Waals surface area contributed by atoms with Crippen molar-refractivity contribution in [1.82, 2.24) is 10.2 Å². The Morgan fingerprint density at radius 2 is 1.69 bits per heavy atom. The molecule has 8 heteroatoms. The smallest absolute Gasteiger partial charge is 0.407 e. The van der Waals surface area contributed by atoms with Crippen LogP contribution >= 0.6 is 0 Å². The molecule has 0 spiro atoms. The van der Waals surface area contributed by atoms with Gasteiger partial charge in [-0.3, -0.25) is 4.79 Å². The van der Waals surface area contributed by atoms with Crippen LogP contribution in [-0.4, -0.2) is 46.6 Å². The summed E-state index contributed by atoms with van der Waals surface area (Å²) in [6.45, 7) is -0.235. The Labute approximate surface area is 168 Å². The van der Waals surface area contributed by atoms with E-state index in [1.54, 1.807) is 24.3 Å². The Kier molecular flexibility index (Phi) is 6.46. The minimum absolute atomic E-state index is 0.0566. The summed E-state index contributed by atoms with van der Waals surface area (Å²) in [7, 11) is 0. The Morgan fingerprint density at radius 3 is 2.28 bits per heavy atom. The number of hydrogen-bond acceptors (Lipinski definition) is 5. The zero-order chi connectivity index (χ0) is 20.8. The lowest BCUT2D eigenvalue weighted by atomic mass is 10.00. The quantitative estimate of drug-likeness (QED) is 0.682. The van der Waals surface area contributed by atoms with Crippen LogP contribution in [0.25, 0.3) is 0 Å². The maximum Gasteiger partial charge on any atom is 0.407 e. The van der Waals surface area contributed by atoms with Gasteiger partial charge in [-0.05, 0) is 11.1 Å². The molecule has 2 amide bonds. The summed E-state index contributed by atoms with van der Waals surface area (Å²) in [5, 5.41) is 12.4. The third-order valence-corrected chi connectivity index (χ3v) is 4.90. The fourth-order valence-corrected chi connectivity index (χ4v) is 3.62. The zero-order valence-corrected chi connectivity index (χ0v) is 15.7. The van der Waals surface area contributed by atoms with Gasteiger partial charge in [-0.25, -0.2) is 9.59 Å². The molecule has 8 nitrogen and oxygen atoms in total.